The van der Waals surface area contributed by atoms with Gasteiger partial charge in [-0.3, -0.25) is 4.99 Å². The number of benzene rings is 1. The molecule has 26 heavy (non-hydrogen) atoms. The summed E-state index contributed by atoms with van der Waals surface area (Å²) >= 11 is 6.14. The molecule has 0 bridgehead atoms. The molecule has 1 aliphatic carbocycles. The van der Waals surface area contributed by atoms with Crippen LogP contribution in [0.3, 0.4) is 0 Å². The number of nitrogens with one attached hydrogen (secondary N) is 2. The number of nitrogens with zero attached hydrogens (tertiary/aromatic N) is 2. The summed E-state index contributed by atoms with van der Waals surface area (Å²) in [6.07, 6.45) is 2.32. The van der Waals surface area contributed by atoms with Crippen molar-refractivity contribution in [1.29, 1.82) is 0 Å². The molecular weight excluding hydrogens is 463 g/mol. The number of rotatable bonds is 6. The number of ether oxygens (including phenoxy) is 1. The zero-order valence-electron chi connectivity index (χ0n) is 15.0. The van der Waals surface area contributed by atoms with Crippen molar-refractivity contribution < 1.29 is 4.74 Å². The van der Waals surface area contributed by atoms with Gasteiger partial charge in [-0.2, -0.15) is 0 Å². The zero-order valence-corrected chi connectivity index (χ0v) is 18.0. The average Bonchev–Trinajstić information content (AvgIpc) is 3.43. The Balaban J connectivity index is 0.00000243. The summed E-state index contributed by atoms with van der Waals surface area (Å²) in [7, 11) is 3.39. The molecule has 0 spiro atoms. The standard InChI is InChI=1S/C19H23ClN4O.HI/c1-21-18(22-12-16-7-4-8-17(24-16)25-2)23-13-19(9-10-19)14-5-3-6-15(20)11-14;/h3-8,11H,9-10,12-13H2,1-2H3,(H2,21,22,23);1H. The Morgan fingerprint density at radius 3 is 2.65 bits per heavy atom. The van der Waals surface area contributed by atoms with Gasteiger partial charge in [-0.05, 0) is 36.6 Å². The maximum absolute atomic E-state index is 6.14. The van der Waals surface area contributed by atoms with Crippen molar-refractivity contribution >= 4 is 41.5 Å². The van der Waals surface area contributed by atoms with Gasteiger partial charge in [0.1, 0.15) is 0 Å². The first-order chi connectivity index (χ1) is 12.1. The predicted molar refractivity (Wildman–Crippen MR) is 117 cm³/mol. The van der Waals surface area contributed by atoms with Crippen molar-refractivity contribution in [3.63, 3.8) is 0 Å². The molecule has 1 aliphatic rings. The number of methoxy groups -OCH3 is 1. The summed E-state index contributed by atoms with van der Waals surface area (Å²) in [5, 5.41) is 7.51. The first-order valence-electron chi connectivity index (χ1n) is 8.36. The molecule has 1 aromatic heterocycles. The topological polar surface area (TPSA) is 58.5 Å². The molecule has 2 aromatic rings. The van der Waals surface area contributed by atoms with E-state index in [9.17, 15) is 0 Å². The Morgan fingerprint density at radius 1 is 1.23 bits per heavy atom. The lowest BCUT2D eigenvalue weighted by molar-refractivity contribution is 0.396. The van der Waals surface area contributed by atoms with Gasteiger partial charge >= 0.3 is 0 Å². The van der Waals surface area contributed by atoms with E-state index in [4.69, 9.17) is 16.3 Å². The Hall–Kier alpha value is -1.54. The average molecular weight is 487 g/mol. The van der Waals surface area contributed by atoms with Crippen LogP contribution in [0, 0.1) is 0 Å². The van der Waals surface area contributed by atoms with Gasteiger partial charge in [0.05, 0.1) is 19.3 Å². The van der Waals surface area contributed by atoms with Crippen LogP contribution in [0.2, 0.25) is 5.02 Å². The van der Waals surface area contributed by atoms with Crippen LogP contribution in [0.25, 0.3) is 0 Å². The molecule has 0 saturated heterocycles. The van der Waals surface area contributed by atoms with Crippen molar-refractivity contribution in [2.24, 2.45) is 4.99 Å². The summed E-state index contributed by atoms with van der Waals surface area (Å²) in [6, 6.07) is 13.9. The summed E-state index contributed by atoms with van der Waals surface area (Å²) in [5.41, 5.74) is 2.35. The number of hydrogen-bond acceptors (Lipinski definition) is 3. The molecule has 1 aromatic carbocycles. The fourth-order valence-electron chi connectivity index (χ4n) is 2.85. The van der Waals surface area contributed by atoms with Crippen molar-refractivity contribution in [3.05, 3.63) is 58.7 Å². The number of aromatic nitrogens is 1. The number of aliphatic imine (C=N–C) groups is 1. The lowest BCUT2D eigenvalue weighted by atomic mass is 9.96. The molecule has 3 rings (SSSR count). The highest BCUT2D eigenvalue weighted by Gasteiger charge is 2.44. The second-order valence-electron chi connectivity index (χ2n) is 6.24. The molecule has 0 unspecified atom stereocenters. The van der Waals surface area contributed by atoms with E-state index in [1.54, 1.807) is 14.2 Å². The summed E-state index contributed by atoms with van der Waals surface area (Å²) < 4.78 is 5.15. The maximum atomic E-state index is 6.14. The smallest absolute Gasteiger partial charge is 0.213 e. The van der Waals surface area contributed by atoms with E-state index >= 15 is 0 Å². The summed E-state index contributed by atoms with van der Waals surface area (Å²) in [4.78, 5) is 8.69. The largest absolute Gasteiger partial charge is 0.481 e. The Labute approximate surface area is 176 Å². The highest BCUT2D eigenvalue weighted by molar-refractivity contribution is 14.0. The summed E-state index contributed by atoms with van der Waals surface area (Å²) in [6.45, 7) is 1.42. The quantitative estimate of drug-likeness (QED) is 0.371. The van der Waals surface area contributed by atoms with Crippen molar-refractivity contribution in [1.82, 2.24) is 15.6 Å². The molecule has 0 amide bonds. The minimum atomic E-state index is 0. The maximum Gasteiger partial charge on any atom is 0.213 e. The molecule has 0 radical (unpaired) electrons. The van der Waals surface area contributed by atoms with Crippen molar-refractivity contribution in [2.75, 3.05) is 20.7 Å². The lowest BCUT2D eigenvalue weighted by Gasteiger charge is -2.19. The van der Waals surface area contributed by atoms with Gasteiger partial charge < -0.3 is 15.4 Å². The first-order valence-corrected chi connectivity index (χ1v) is 8.73. The molecule has 7 heteroatoms. The summed E-state index contributed by atoms with van der Waals surface area (Å²) in [5.74, 6) is 1.37. The molecular formula is C19H24ClIN4O. The Kier molecular flexibility index (Phi) is 7.52. The van der Waals surface area contributed by atoms with Crippen molar-refractivity contribution in [2.45, 2.75) is 24.8 Å². The van der Waals surface area contributed by atoms with Crippen molar-refractivity contribution in [3.8, 4) is 5.88 Å². The molecule has 1 fully saturated rings. The highest BCUT2D eigenvalue weighted by atomic mass is 127. The van der Waals surface area contributed by atoms with E-state index in [-0.39, 0.29) is 29.4 Å². The predicted octanol–water partition coefficient (Wildman–Crippen LogP) is 3.76. The van der Waals surface area contributed by atoms with Crippen LogP contribution in [0.15, 0.2) is 47.5 Å². The molecule has 1 heterocycles. The molecule has 5 nitrogen and oxygen atoms in total. The fraction of sp³-hybridized carbons (Fsp3) is 0.368. The van der Waals surface area contributed by atoms with Gasteiger partial charge in [0, 0.05) is 30.1 Å². The van der Waals surface area contributed by atoms with Crippen LogP contribution >= 0.6 is 35.6 Å². The molecule has 2 N–H and O–H groups in total. The van der Waals surface area contributed by atoms with E-state index in [0.29, 0.717) is 12.4 Å². The second-order valence-corrected chi connectivity index (χ2v) is 6.68. The van der Waals surface area contributed by atoms with Gasteiger partial charge in [-0.1, -0.05) is 29.8 Å². The van der Waals surface area contributed by atoms with Crippen LogP contribution < -0.4 is 15.4 Å². The minimum Gasteiger partial charge on any atom is -0.481 e. The van der Waals surface area contributed by atoms with E-state index in [1.807, 2.05) is 30.3 Å². The van der Waals surface area contributed by atoms with Crippen LogP contribution in [0.1, 0.15) is 24.1 Å². The van der Waals surface area contributed by atoms with Gasteiger partial charge in [0.25, 0.3) is 0 Å². The van der Waals surface area contributed by atoms with Crippen LogP contribution in [0.4, 0.5) is 0 Å². The van der Waals surface area contributed by atoms with Gasteiger partial charge in [0.15, 0.2) is 5.96 Å². The van der Waals surface area contributed by atoms with E-state index < -0.39 is 0 Å². The van der Waals surface area contributed by atoms with Crippen LogP contribution in [0.5, 0.6) is 5.88 Å². The Morgan fingerprint density at radius 2 is 2.00 bits per heavy atom. The molecule has 1 saturated carbocycles. The molecule has 140 valence electrons. The Bertz CT molecular complexity index is 765. The van der Waals surface area contributed by atoms with E-state index in [2.05, 4.69) is 32.7 Å². The molecule has 0 atom stereocenters. The first kappa shape index (κ1) is 20.8. The van der Waals surface area contributed by atoms with Crippen LogP contribution in [-0.4, -0.2) is 31.6 Å². The lowest BCUT2D eigenvalue weighted by Crippen LogP contribution is -2.41. The fourth-order valence-corrected chi connectivity index (χ4v) is 3.04. The third kappa shape index (κ3) is 5.23. The monoisotopic (exact) mass is 486 g/mol. The van der Waals surface area contributed by atoms with Gasteiger partial charge in [0.2, 0.25) is 5.88 Å². The number of halogens is 2. The third-order valence-electron chi connectivity index (χ3n) is 4.54. The van der Waals surface area contributed by atoms with E-state index in [0.717, 1.165) is 36.1 Å². The van der Waals surface area contributed by atoms with Crippen LogP contribution in [-0.2, 0) is 12.0 Å². The number of hydrogen-bond donors (Lipinski definition) is 2. The normalized spacial score (nSPS) is 15.0. The number of pyridine rings is 1. The van der Waals surface area contributed by atoms with Gasteiger partial charge in [-0.25, -0.2) is 4.98 Å². The zero-order chi connectivity index (χ0) is 17.7. The third-order valence-corrected chi connectivity index (χ3v) is 4.77. The second kappa shape index (κ2) is 9.41. The molecule has 0 aliphatic heterocycles. The van der Waals surface area contributed by atoms with Gasteiger partial charge in [-0.15, -0.1) is 24.0 Å². The highest BCUT2D eigenvalue weighted by Crippen LogP contribution is 2.48. The SMILES string of the molecule is CN=C(NCc1cccc(OC)n1)NCC1(c2cccc(Cl)c2)CC1.I. The minimum absolute atomic E-state index is 0. The number of guanidine groups is 1. The van der Waals surface area contributed by atoms with E-state index in [1.165, 1.54) is 5.56 Å².